The van der Waals surface area contributed by atoms with E-state index in [9.17, 15) is 4.79 Å². The van der Waals surface area contributed by atoms with Gasteiger partial charge in [-0.15, -0.1) is 0 Å². The van der Waals surface area contributed by atoms with Crippen LogP contribution in [-0.4, -0.2) is 22.0 Å². The summed E-state index contributed by atoms with van der Waals surface area (Å²) in [4.78, 5) is 16.6. The van der Waals surface area contributed by atoms with E-state index >= 15 is 0 Å². The SMILES string of the molecule is Cn1c(CCCNC(=O)C2CC2(C)C)nc2ccccc21. The highest BCUT2D eigenvalue weighted by molar-refractivity contribution is 5.82. The molecule has 0 spiro atoms. The summed E-state index contributed by atoms with van der Waals surface area (Å²) in [7, 11) is 2.05. The van der Waals surface area contributed by atoms with E-state index in [1.54, 1.807) is 0 Å². The zero-order valence-corrected chi connectivity index (χ0v) is 13.0. The van der Waals surface area contributed by atoms with Gasteiger partial charge in [-0.05, 0) is 30.4 Å². The van der Waals surface area contributed by atoms with Gasteiger partial charge in [0.15, 0.2) is 0 Å². The van der Waals surface area contributed by atoms with Gasteiger partial charge in [-0.1, -0.05) is 26.0 Å². The number of aromatic nitrogens is 2. The Morgan fingerprint density at radius 3 is 2.81 bits per heavy atom. The average Bonchev–Trinajstić information content (AvgIpc) is 2.98. The molecule has 1 amide bonds. The second-order valence-electron chi connectivity index (χ2n) is 6.72. The smallest absolute Gasteiger partial charge is 0.223 e. The third-order valence-electron chi connectivity index (χ3n) is 4.59. The molecule has 1 fully saturated rings. The van der Waals surface area contributed by atoms with Crippen molar-refractivity contribution >= 4 is 16.9 Å². The first-order valence-corrected chi connectivity index (χ1v) is 7.67. The van der Waals surface area contributed by atoms with E-state index in [1.165, 1.54) is 0 Å². The molecule has 1 N–H and O–H groups in total. The first-order chi connectivity index (χ1) is 9.99. The molecule has 1 atom stereocenters. The van der Waals surface area contributed by atoms with Gasteiger partial charge >= 0.3 is 0 Å². The van der Waals surface area contributed by atoms with Gasteiger partial charge < -0.3 is 9.88 Å². The maximum atomic E-state index is 11.9. The monoisotopic (exact) mass is 285 g/mol. The number of fused-ring (bicyclic) bond motifs is 1. The summed E-state index contributed by atoms with van der Waals surface area (Å²) in [6, 6.07) is 8.17. The highest BCUT2D eigenvalue weighted by atomic mass is 16.2. The highest BCUT2D eigenvalue weighted by Gasteiger charge is 2.50. The van der Waals surface area contributed by atoms with Crippen molar-refractivity contribution in [3.63, 3.8) is 0 Å². The molecule has 0 aliphatic heterocycles. The fraction of sp³-hybridized carbons (Fsp3) is 0.529. The summed E-state index contributed by atoms with van der Waals surface area (Å²) in [6.07, 6.45) is 2.83. The number of hydrogen-bond donors (Lipinski definition) is 1. The number of nitrogens with one attached hydrogen (secondary N) is 1. The van der Waals surface area contributed by atoms with Gasteiger partial charge in [0, 0.05) is 25.9 Å². The van der Waals surface area contributed by atoms with E-state index in [0.717, 1.165) is 42.7 Å². The second kappa shape index (κ2) is 5.17. The molecule has 1 heterocycles. The van der Waals surface area contributed by atoms with Gasteiger partial charge in [0.25, 0.3) is 0 Å². The standard InChI is InChI=1S/C17H23N3O/c1-17(2)11-12(17)16(21)18-10-6-9-15-19-13-7-4-5-8-14(13)20(15)3/h4-5,7-8,12H,6,9-11H2,1-3H3,(H,18,21). The maximum Gasteiger partial charge on any atom is 0.223 e. The van der Waals surface area contributed by atoms with E-state index in [-0.39, 0.29) is 17.2 Å². The first kappa shape index (κ1) is 14.1. The lowest BCUT2D eigenvalue weighted by molar-refractivity contribution is -0.122. The van der Waals surface area contributed by atoms with Crippen LogP contribution in [0.1, 0.15) is 32.5 Å². The summed E-state index contributed by atoms with van der Waals surface area (Å²) in [5.74, 6) is 1.51. The predicted molar refractivity (Wildman–Crippen MR) is 83.9 cm³/mol. The van der Waals surface area contributed by atoms with Crippen LogP contribution in [0.4, 0.5) is 0 Å². The van der Waals surface area contributed by atoms with Gasteiger partial charge in [-0.2, -0.15) is 0 Å². The zero-order chi connectivity index (χ0) is 15.0. The molecule has 0 saturated heterocycles. The average molecular weight is 285 g/mol. The van der Waals surface area contributed by atoms with Crippen molar-refractivity contribution in [1.82, 2.24) is 14.9 Å². The molecular weight excluding hydrogens is 262 g/mol. The number of benzene rings is 1. The highest BCUT2D eigenvalue weighted by Crippen LogP contribution is 2.51. The molecule has 21 heavy (non-hydrogen) atoms. The van der Waals surface area contributed by atoms with Gasteiger partial charge in [0.05, 0.1) is 11.0 Å². The lowest BCUT2D eigenvalue weighted by Gasteiger charge is -2.06. The molecule has 4 nitrogen and oxygen atoms in total. The third kappa shape index (κ3) is 2.80. The Bertz CT molecular complexity index is 672. The molecular formula is C17H23N3O. The minimum absolute atomic E-state index is 0.210. The summed E-state index contributed by atoms with van der Waals surface area (Å²) in [6.45, 7) is 5.03. The van der Waals surface area contributed by atoms with Crippen molar-refractivity contribution in [2.45, 2.75) is 33.1 Å². The van der Waals surface area contributed by atoms with Crippen molar-refractivity contribution < 1.29 is 4.79 Å². The number of carbonyl (C=O) groups excluding carboxylic acids is 1. The molecule has 0 radical (unpaired) electrons. The van der Waals surface area contributed by atoms with Crippen LogP contribution in [-0.2, 0) is 18.3 Å². The number of rotatable bonds is 5. The van der Waals surface area contributed by atoms with Crippen LogP contribution >= 0.6 is 0 Å². The number of nitrogens with zero attached hydrogens (tertiary/aromatic N) is 2. The molecule has 1 unspecified atom stereocenters. The van der Waals surface area contributed by atoms with Gasteiger partial charge in [-0.25, -0.2) is 4.98 Å². The van der Waals surface area contributed by atoms with Gasteiger partial charge in [0.2, 0.25) is 5.91 Å². The Labute approximate surface area is 125 Å². The molecule has 1 aromatic carbocycles. The Kier molecular flexibility index (Phi) is 3.47. The van der Waals surface area contributed by atoms with Gasteiger partial charge in [-0.3, -0.25) is 4.79 Å². The largest absolute Gasteiger partial charge is 0.356 e. The second-order valence-corrected chi connectivity index (χ2v) is 6.72. The summed E-state index contributed by atoms with van der Waals surface area (Å²) < 4.78 is 2.14. The van der Waals surface area contributed by atoms with E-state index in [1.807, 2.05) is 18.2 Å². The van der Waals surface area contributed by atoms with Crippen molar-refractivity contribution in [2.24, 2.45) is 18.4 Å². The van der Waals surface area contributed by atoms with E-state index in [4.69, 9.17) is 0 Å². The predicted octanol–water partition coefficient (Wildman–Crippen LogP) is 2.67. The summed E-state index contributed by atoms with van der Waals surface area (Å²) in [5, 5.41) is 3.05. The van der Waals surface area contributed by atoms with E-state index in [2.05, 4.69) is 41.8 Å². The van der Waals surface area contributed by atoms with Crippen LogP contribution in [0.3, 0.4) is 0 Å². The number of para-hydroxylation sites is 2. The Balaban J connectivity index is 1.51. The third-order valence-corrected chi connectivity index (χ3v) is 4.59. The molecule has 2 aromatic rings. The Hall–Kier alpha value is -1.84. The van der Waals surface area contributed by atoms with Crippen molar-refractivity contribution in [3.05, 3.63) is 30.1 Å². The molecule has 3 rings (SSSR count). The van der Waals surface area contributed by atoms with Crippen molar-refractivity contribution in [2.75, 3.05) is 6.54 Å². The first-order valence-electron chi connectivity index (χ1n) is 7.67. The van der Waals surface area contributed by atoms with E-state index in [0.29, 0.717) is 0 Å². The number of amides is 1. The normalized spacial score (nSPS) is 19.7. The topological polar surface area (TPSA) is 46.9 Å². The van der Waals surface area contributed by atoms with Crippen LogP contribution in [0.15, 0.2) is 24.3 Å². The molecule has 4 heteroatoms. The molecule has 0 bridgehead atoms. The fourth-order valence-corrected chi connectivity index (χ4v) is 2.92. The zero-order valence-electron chi connectivity index (χ0n) is 13.0. The van der Waals surface area contributed by atoms with Crippen LogP contribution in [0.25, 0.3) is 11.0 Å². The van der Waals surface area contributed by atoms with Crippen LogP contribution in [0.2, 0.25) is 0 Å². The molecule has 1 aromatic heterocycles. The maximum absolute atomic E-state index is 11.9. The lowest BCUT2D eigenvalue weighted by Crippen LogP contribution is -2.27. The minimum atomic E-state index is 0.210. The van der Waals surface area contributed by atoms with Crippen molar-refractivity contribution in [3.8, 4) is 0 Å². The molecule has 1 aliphatic carbocycles. The molecule has 112 valence electrons. The Morgan fingerprint density at radius 2 is 2.14 bits per heavy atom. The number of carbonyl (C=O) groups is 1. The fourth-order valence-electron chi connectivity index (χ4n) is 2.92. The number of hydrogen-bond acceptors (Lipinski definition) is 2. The lowest BCUT2D eigenvalue weighted by atomic mass is 10.1. The molecule has 1 aliphatic rings. The van der Waals surface area contributed by atoms with Crippen LogP contribution in [0, 0.1) is 11.3 Å². The molecule has 1 saturated carbocycles. The van der Waals surface area contributed by atoms with E-state index < -0.39 is 0 Å². The van der Waals surface area contributed by atoms with Gasteiger partial charge in [0.1, 0.15) is 5.82 Å². The Morgan fingerprint density at radius 1 is 1.43 bits per heavy atom. The van der Waals surface area contributed by atoms with Crippen LogP contribution < -0.4 is 5.32 Å². The summed E-state index contributed by atoms with van der Waals surface area (Å²) >= 11 is 0. The number of imidazole rings is 1. The van der Waals surface area contributed by atoms with Crippen molar-refractivity contribution in [1.29, 1.82) is 0 Å². The summed E-state index contributed by atoms with van der Waals surface area (Å²) in [5.41, 5.74) is 2.41. The van der Waals surface area contributed by atoms with Crippen LogP contribution in [0.5, 0.6) is 0 Å². The quantitative estimate of drug-likeness (QED) is 0.859. The number of aryl methyl sites for hydroxylation is 2. The minimum Gasteiger partial charge on any atom is -0.356 e.